The molecule has 0 aliphatic heterocycles. The number of carbonyl (C=O) groups excluding carboxylic acids is 1. The first-order valence-electron chi connectivity index (χ1n) is 10.5. The van der Waals surface area contributed by atoms with Crippen LogP contribution in [0, 0.1) is 10.1 Å². The van der Waals surface area contributed by atoms with Crippen molar-refractivity contribution in [1.29, 1.82) is 0 Å². The first-order chi connectivity index (χ1) is 16.2. The van der Waals surface area contributed by atoms with Crippen LogP contribution in [0.5, 0.6) is 5.75 Å². The van der Waals surface area contributed by atoms with Gasteiger partial charge in [0.15, 0.2) is 0 Å². The third-order valence-electron chi connectivity index (χ3n) is 5.34. The Bertz CT molecular complexity index is 1260. The minimum atomic E-state index is -4.08. The number of hydrogen-bond donors (Lipinski definition) is 2. The topological polar surface area (TPSA) is 128 Å². The number of nitrogens with zero attached hydrogens (tertiary/aromatic N) is 1. The van der Waals surface area contributed by atoms with Crippen molar-refractivity contribution in [3.63, 3.8) is 0 Å². The van der Waals surface area contributed by atoms with Crippen LogP contribution in [0.15, 0.2) is 77.7 Å². The monoisotopic (exact) mass is 483 g/mol. The summed E-state index contributed by atoms with van der Waals surface area (Å²) in [6, 6.07) is 18.9. The molecule has 9 nitrogen and oxygen atoms in total. The van der Waals surface area contributed by atoms with Gasteiger partial charge in [0.25, 0.3) is 21.6 Å². The first-order valence-corrected chi connectivity index (χ1v) is 12.0. The number of rotatable bonds is 10. The predicted molar refractivity (Wildman–Crippen MR) is 129 cm³/mol. The van der Waals surface area contributed by atoms with Crippen molar-refractivity contribution in [3.05, 3.63) is 94.0 Å². The van der Waals surface area contributed by atoms with Crippen LogP contribution >= 0.6 is 0 Å². The van der Waals surface area contributed by atoms with Crippen LogP contribution in [0.1, 0.15) is 35.2 Å². The number of methoxy groups -OCH3 is 1. The molecule has 0 bridgehead atoms. The number of ether oxygens (including phenoxy) is 1. The van der Waals surface area contributed by atoms with E-state index in [0.717, 1.165) is 18.1 Å². The molecule has 2 N–H and O–H groups in total. The summed E-state index contributed by atoms with van der Waals surface area (Å²) in [7, 11) is -2.75. The Balaban J connectivity index is 1.71. The Kier molecular flexibility index (Phi) is 7.85. The van der Waals surface area contributed by atoms with E-state index in [2.05, 4.69) is 10.0 Å². The number of amides is 1. The van der Waals surface area contributed by atoms with Crippen molar-refractivity contribution in [2.45, 2.75) is 24.2 Å². The van der Waals surface area contributed by atoms with Crippen LogP contribution in [0.2, 0.25) is 0 Å². The summed E-state index contributed by atoms with van der Waals surface area (Å²) in [4.78, 5) is 22.9. The highest BCUT2D eigenvalue weighted by atomic mass is 32.2. The lowest BCUT2D eigenvalue weighted by molar-refractivity contribution is -0.384. The number of carbonyl (C=O) groups is 1. The van der Waals surface area contributed by atoms with Crippen molar-refractivity contribution in [3.8, 4) is 5.75 Å². The fourth-order valence-electron chi connectivity index (χ4n) is 3.42. The Labute approximate surface area is 198 Å². The molecule has 1 amide bonds. The number of non-ortho nitro benzene ring substituents is 1. The Morgan fingerprint density at radius 2 is 1.74 bits per heavy atom. The number of anilines is 1. The van der Waals surface area contributed by atoms with Crippen LogP contribution in [0.4, 0.5) is 11.4 Å². The van der Waals surface area contributed by atoms with Crippen molar-refractivity contribution in [2.75, 3.05) is 18.4 Å². The second kappa shape index (κ2) is 10.8. The van der Waals surface area contributed by atoms with E-state index in [1.54, 1.807) is 0 Å². The molecule has 0 saturated carbocycles. The molecule has 0 radical (unpaired) electrons. The molecular formula is C24H25N3O6S. The number of benzene rings is 3. The fourth-order valence-corrected chi connectivity index (χ4v) is 4.48. The van der Waals surface area contributed by atoms with E-state index >= 15 is 0 Å². The van der Waals surface area contributed by atoms with Crippen LogP contribution in [0.25, 0.3) is 0 Å². The van der Waals surface area contributed by atoms with Gasteiger partial charge in [-0.05, 0) is 42.3 Å². The molecule has 1 unspecified atom stereocenters. The van der Waals surface area contributed by atoms with E-state index in [0.29, 0.717) is 12.1 Å². The van der Waals surface area contributed by atoms with Gasteiger partial charge in [0.2, 0.25) is 0 Å². The summed E-state index contributed by atoms with van der Waals surface area (Å²) in [6.45, 7) is 2.50. The Morgan fingerprint density at radius 3 is 2.32 bits per heavy atom. The highest BCUT2D eigenvalue weighted by molar-refractivity contribution is 7.92. The lowest BCUT2D eigenvalue weighted by Crippen LogP contribution is -2.28. The van der Waals surface area contributed by atoms with Crippen molar-refractivity contribution in [2.24, 2.45) is 0 Å². The molecule has 34 heavy (non-hydrogen) atoms. The van der Waals surface area contributed by atoms with E-state index in [1.807, 2.05) is 37.3 Å². The summed E-state index contributed by atoms with van der Waals surface area (Å²) < 4.78 is 33.0. The van der Waals surface area contributed by atoms with Gasteiger partial charge in [-0.25, -0.2) is 8.42 Å². The van der Waals surface area contributed by atoms with E-state index in [-0.39, 0.29) is 33.8 Å². The molecule has 0 aromatic heterocycles. The van der Waals surface area contributed by atoms with Crippen molar-refractivity contribution in [1.82, 2.24) is 5.32 Å². The van der Waals surface area contributed by atoms with Gasteiger partial charge in [-0.2, -0.15) is 0 Å². The third-order valence-corrected chi connectivity index (χ3v) is 6.72. The van der Waals surface area contributed by atoms with Gasteiger partial charge in [0.1, 0.15) is 5.75 Å². The summed E-state index contributed by atoms with van der Waals surface area (Å²) in [5.74, 6) is -0.0142. The predicted octanol–water partition coefficient (Wildman–Crippen LogP) is 4.33. The van der Waals surface area contributed by atoms with E-state index < -0.39 is 14.9 Å². The molecule has 178 valence electrons. The standard InChI is InChI=1S/C24H25N3O6S/c1-3-17(18-7-5-4-6-8-18)16-25-24(28)19-9-12-21(13-10-19)34(31,32)26-22-15-20(27(29)30)11-14-23(22)33-2/h4-15,17,26H,3,16H2,1-2H3,(H,25,28). The van der Waals surface area contributed by atoms with Crippen LogP contribution < -0.4 is 14.8 Å². The lowest BCUT2D eigenvalue weighted by atomic mass is 9.96. The first kappa shape index (κ1) is 24.7. The number of nitro benzene ring substituents is 1. The number of sulfonamides is 1. The summed E-state index contributed by atoms with van der Waals surface area (Å²) in [6.07, 6.45) is 0.855. The summed E-state index contributed by atoms with van der Waals surface area (Å²) in [5.41, 5.74) is 1.10. The van der Waals surface area contributed by atoms with Crippen LogP contribution in [-0.4, -0.2) is 32.9 Å². The molecule has 0 aliphatic carbocycles. The van der Waals surface area contributed by atoms with E-state index in [4.69, 9.17) is 4.74 Å². The largest absolute Gasteiger partial charge is 0.495 e. The molecule has 0 aliphatic rings. The van der Waals surface area contributed by atoms with Crippen LogP contribution in [-0.2, 0) is 10.0 Å². The molecule has 3 rings (SSSR count). The zero-order valence-corrected chi connectivity index (χ0v) is 19.5. The average molecular weight is 484 g/mol. The summed E-state index contributed by atoms with van der Waals surface area (Å²) >= 11 is 0. The van der Waals surface area contributed by atoms with Gasteiger partial charge >= 0.3 is 0 Å². The molecule has 1 atom stereocenters. The van der Waals surface area contributed by atoms with Crippen molar-refractivity contribution < 1.29 is 22.9 Å². The zero-order valence-electron chi connectivity index (χ0n) is 18.7. The third kappa shape index (κ3) is 5.90. The van der Waals surface area contributed by atoms with E-state index in [9.17, 15) is 23.3 Å². The second-order valence-corrected chi connectivity index (χ2v) is 9.18. The minimum absolute atomic E-state index is 0.0648. The Hall–Kier alpha value is -3.92. The molecule has 3 aromatic carbocycles. The highest BCUT2D eigenvalue weighted by Crippen LogP contribution is 2.31. The van der Waals surface area contributed by atoms with Crippen LogP contribution in [0.3, 0.4) is 0 Å². The second-order valence-electron chi connectivity index (χ2n) is 7.50. The molecule has 0 saturated heterocycles. The van der Waals surface area contributed by atoms with Gasteiger partial charge < -0.3 is 10.1 Å². The zero-order chi connectivity index (χ0) is 24.7. The maximum atomic E-state index is 12.8. The lowest BCUT2D eigenvalue weighted by Gasteiger charge is -2.16. The smallest absolute Gasteiger partial charge is 0.271 e. The van der Waals surface area contributed by atoms with E-state index in [1.165, 1.54) is 43.5 Å². The van der Waals surface area contributed by atoms with Gasteiger partial charge in [-0.3, -0.25) is 19.6 Å². The molecule has 0 fully saturated rings. The Morgan fingerprint density at radius 1 is 1.06 bits per heavy atom. The number of nitrogens with one attached hydrogen (secondary N) is 2. The highest BCUT2D eigenvalue weighted by Gasteiger charge is 2.20. The number of nitro groups is 1. The summed E-state index contributed by atoms with van der Waals surface area (Å²) in [5, 5.41) is 13.9. The molecule has 10 heteroatoms. The molecular weight excluding hydrogens is 458 g/mol. The molecule has 0 spiro atoms. The average Bonchev–Trinajstić information content (AvgIpc) is 2.84. The van der Waals surface area contributed by atoms with Gasteiger partial charge in [-0.1, -0.05) is 37.3 Å². The molecule has 0 heterocycles. The normalized spacial score (nSPS) is 11.9. The fraction of sp³-hybridized carbons (Fsp3) is 0.208. The van der Waals surface area contributed by atoms with Gasteiger partial charge in [-0.15, -0.1) is 0 Å². The SMILES string of the molecule is CCC(CNC(=O)c1ccc(S(=O)(=O)Nc2cc([N+](=O)[O-])ccc2OC)cc1)c1ccccc1. The maximum Gasteiger partial charge on any atom is 0.271 e. The molecule has 3 aromatic rings. The minimum Gasteiger partial charge on any atom is -0.495 e. The van der Waals surface area contributed by atoms with Gasteiger partial charge in [0, 0.05) is 30.2 Å². The quantitative estimate of drug-likeness (QED) is 0.326. The number of hydrogen-bond acceptors (Lipinski definition) is 6. The van der Waals surface area contributed by atoms with Gasteiger partial charge in [0.05, 0.1) is 22.6 Å². The van der Waals surface area contributed by atoms with Crippen molar-refractivity contribution >= 4 is 27.3 Å². The maximum absolute atomic E-state index is 12.8.